The van der Waals surface area contributed by atoms with E-state index in [9.17, 15) is 8.78 Å². The van der Waals surface area contributed by atoms with Crippen molar-refractivity contribution in [3.63, 3.8) is 0 Å². The van der Waals surface area contributed by atoms with Crippen LogP contribution in [0.2, 0.25) is 0 Å². The van der Waals surface area contributed by atoms with Crippen LogP contribution in [0.1, 0.15) is 17.2 Å². The number of rotatable bonds is 2. The minimum Gasteiger partial charge on any atom is -0.375 e. The predicted octanol–water partition coefficient (Wildman–Crippen LogP) is 5.34. The molecule has 1 N–H and O–H groups in total. The van der Waals surface area contributed by atoms with E-state index in [1.165, 1.54) is 6.07 Å². The maximum absolute atomic E-state index is 13.8. The summed E-state index contributed by atoms with van der Waals surface area (Å²) < 4.78 is 27.1. The highest BCUT2D eigenvalue weighted by Gasteiger charge is 2.25. The third-order valence-corrected chi connectivity index (χ3v) is 4.30. The Bertz CT molecular complexity index is 842. The molecule has 1 nitrogen and oxygen atoms in total. The van der Waals surface area contributed by atoms with Crippen LogP contribution in [-0.4, -0.2) is 0 Å². The minimum absolute atomic E-state index is 0.0221. The van der Waals surface area contributed by atoms with Crippen molar-refractivity contribution in [2.75, 3.05) is 5.32 Å². The molecule has 3 aromatic rings. The Labute approximate surface area is 133 Å². The van der Waals surface area contributed by atoms with Crippen LogP contribution in [0.4, 0.5) is 14.5 Å². The van der Waals surface area contributed by atoms with Crippen molar-refractivity contribution in [3.05, 3.63) is 89.5 Å². The van der Waals surface area contributed by atoms with Gasteiger partial charge in [-0.05, 0) is 34.7 Å². The Balaban J connectivity index is 1.60. The first kappa shape index (κ1) is 13.9. The normalized spacial score (nSPS) is 16.0. The molecule has 1 aliphatic rings. The molecule has 0 radical (unpaired) electrons. The van der Waals surface area contributed by atoms with Crippen molar-refractivity contribution >= 4 is 5.69 Å². The van der Waals surface area contributed by atoms with Crippen LogP contribution in [0.3, 0.4) is 0 Å². The van der Waals surface area contributed by atoms with Gasteiger partial charge in [0, 0.05) is 6.07 Å². The monoisotopic (exact) mass is 307 g/mol. The van der Waals surface area contributed by atoms with Gasteiger partial charge in [0.2, 0.25) is 0 Å². The van der Waals surface area contributed by atoms with E-state index in [2.05, 4.69) is 29.6 Å². The number of nitrogens with one attached hydrogen (secondary N) is 1. The third-order valence-electron chi connectivity index (χ3n) is 4.30. The molecule has 3 aromatic carbocycles. The van der Waals surface area contributed by atoms with Gasteiger partial charge in [0.25, 0.3) is 0 Å². The van der Waals surface area contributed by atoms with Gasteiger partial charge in [0.05, 0.1) is 11.7 Å². The van der Waals surface area contributed by atoms with Crippen molar-refractivity contribution in [3.8, 4) is 11.1 Å². The molecule has 1 heterocycles. The average molecular weight is 307 g/mol. The van der Waals surface area contributed by atoms with E-state index in [1.807, 2.05) is 30.3 Å². The molecule has 3 heteroatoms. The van der Waals surface area contributed by atoms with Crippen LogP contribution in [0.15, 0.2) is 66.7 Å². The van der Waals surface area contributed by atoms with Gasteiger partial charge in [0.1, 0.15) is 11.6 Å². The lowest BCUT2D eigenvalue weighted by Gasteiger charge is -2.12. The largest absolute Gasteiger partial charge is 0.375 e. The molecule has 0 saturated heterocycles. The van der Waals surface area contributed by atoms with Gasteiger partial charge in [-0.15, -0.1) is 0 Å². The Hall–Kier alpha value is -2.68. The second-order valence-electron chi connectivity index (χ2n) is 5.81. The van der Waals surface area contributed by atoms with Gasteiger partial charge >= 0.3 is 0 Å². The first-order valence-electron chi connectivity index (χ1n) is 7.60. The van der Waals surface area contributed by atoms with Gasteiger partial charge in [-0.1, -0.05) is 54.6 Å². The Morgan fingerprint density at radius 1 is 0.826 bits per heavy atom. The number of anilines is 1. The van der Waals surface area contributed by atoms with Gasteiger partial charge in [-0.2, -0.15) is 0 Å². The van der Waals surface area contributed by atoms with E-state index >= 15 is 0 Å². The number of hydrogen-bond donors (Lipinski definition) is 1. The molecule has 114 valence electrons. The number of hydrogen-bond acceptors (Lipinski definition) is 1. The van der Waals surface area contributed by atoms with E-state index in [1.54, 1.807) is 0 Å². The molecule has 23 heavy (non-hydrogen) atoms. The van der Waals surface area contributed by atoms with Crippen LogP contribution >= 0.6 is 0 Å². The zero-order chi connectivity index (χ0) is 15.8. The molecular formula is C20H15F2N. The first-order chi connectivity index (χ1) is 11.2. The maximum atomic E-state index is 13.8. The fourth-order valence-corrected chi connectivity index (χ4v) is 3.13. The zero-order valence-corrected chi connectivity index (χ0v) is 12.4. The molecule has 0 bridgehead atoms. The maximum Gasteiger partial charge on any atom is 0.149 e. The standard InChI is InChI=1S/C20H15F2N/c21-17-10-16-11-19(23-20(16)18(22)12-17)15-8-6-14(7-9-15)13-4-2-1-3-5-13/h1-10,12,19,23H,11H2. The van der Waals surface area contributed by atoms with E-state index < -0.39 is 11.6 Å². The van der Waals surface area contributed by atoms with Crippen molar-refractivity contribution in [1.29, 1.82) is 0 Å². The third kappa shape index (κ3) is 2.59. The van der Waals surface area contributed by atoms with Crippen molar-refractivity contribution in [2.24, 2.45) is 0 Å². The molecule has 0 saturated carbocycles. The van der Waals surface area contributed by atoms with Crippen LogP contribution < -0.4 is 5.32 Å². The molecule has 0 amide bonds. The Kier molecular flexibility index (Phi) is 3.34. The average Bonchev–Trinajstić information content (AvgIpc) is 3.00. The molecule has 0 aliphatic carbocycles. The highest BCUT2D eigenvalue weighted by atomic mass is 19.1. The highest BCUT2D eigenvalue weighted by molar-refractivity contribution is 5.64. The summed E-state index contributed by atoms with van der Waals surface area (Å²) in [5.41, 5.74) is 4.49. The minimum atomic E-state index is -0.525. The topological polar surface area (TPSA) is 12.0 Å². The summed E-state index contributed by atoms with van der Waals surface area (Å²) in [6.07, 6.45) is 0.592. The summed E-state index contributed by atoms with van der Waals surface area (Å²) in [4.78, 5) is 0. The summed E-state index contributed by atoms with van der Waals surface area (Å²) in [6.45, 7) is 0. The van der Waals surface area contributed by atoms with Crippen LogP contribution in [0, 0.1) is 11.6 Å². The Morgan fingerprint density at radius 2 is 1.52 bits per heavy atom. The quantitative estimate of drug-likeness (QED) is 0.673. The van der Waals surface area contributed by atoms with Gasteiger partial charge < -0.3 is 5.32 Å². The number of benzene rings is 3. The second kappa shape index (κ2) is 5.51. The van der Waals surface area contributed by atoms with Crippen LogP contribution in [-0.2, 0) is 6.42 Å². The smallest absolute Gasteiger partial charge is 0.149 e. The van der Waals surface area contributed by atoms with Crippen molar-refractivity contribution < 1.29 is 8.78 Å². The lowest BCUT2D eigenvalue weighted by Crippen LogP contribution is -2.05. The van der Waals surface area contributed by atoms with E-state index in [-0.39, 0.29) is 6.04 Å². The fraction of sp³-hybridized carbons (Fsp3) is 0.100. The molecule has 0 aromatic heterocycles. The zero-order valence-electron chi connectivity index (χ0n) is 12.4. The fourth-order valence-electron chi connectivity index (χ4n) is 3.13. The highest BCUT2D eigenvalue weighted by Crippen LogP contribution is 2.37. The molecule has 1 unspecified atom stereocenters. The second-order valence-corrected chi connectivity index (χ2v) is 5.81. The molecular weight excluding hydrogens is 292 g/mol. The van der Waals surface area contributed by atoms with Gasteiger partial charge in [-0.25, -0.2) is 8.78 Å². The summed E-state index contributed by atoms with van der Waals surface area (Å²) in [7, 11) is 0. The number of fused-ring (bicyclic) bond motifs is 1. The van der Waals surface area contributed by atoms with E-state index in [4.69, 9.17) is 0 Å². The van der Waals surface area contributed by atoms with E-state index in [0.29, 0.717) is 17.7 Å². The molecule has 0 spiro atoms. The van der Waals surface area contributed by atoms with Crippen molar-refractivity contribution in [1.82, 2.24) is 0 Å². The van der Waals surface area contributed by atoms with Gasteiger partial charge in [-0.3, -0.25) is 0 Å². The van der Waals surface area contributed by atoms with Crippen molar-refractivity contribution in [2.45, 2.75) is 12.5 Å². The molecule has 4 rings (SSSR count). The number of halogens is 2. The summed E-state index contributed by atoms with van der Waals surface area (Å²) >= 11 is 0. The lowest BCUT2D eigenvalue weighted by atomic mass is 9.99. The van der Waals surface area contributed by atoms with Crippen LogP contribution in [0.25, 0.3) is 11.1 Å². The summed E-state index contributed by atoms with van der Waals surface area (Å²) in [5, 5.41) is 3.16. The van der Waals surface area contributed by atoms with E-state index in [0.717, 1.165) is 22.8 Å². The molecule has 1 atom stereocenters. The summed E-state index contributed by atoms with van der Waals surface area (Å²) in [6, 6.07) is 20.7. The Morgan fingerprint density at radius 3 is 2.26 bits per heavy atom. The van der Waals surface area contributed by atoms with Crippen LogP contribution in [0.5, 0.6) is 0 Å². The summed E-state index contributed by atoms with van der Waals surface area (Å²) in [5.74, 6) is -1.05. The lowest BCUT2D eigenvalue weighted by molar-refractivity contribution is 0.585. The SMILES string of the molecule is Fc1cc(F)c2c(c1)CC(c1ccc(-c3ccccc3)cc1)N2. The molecule has 0 fully saturated rings. The first-order valence-corrected chi connectivity index (χ1v) is 7.60. The van der Waals surface area contributed by atoms with Gasteiger partial charge in [0.15, 0.2) is 0 Å². The molecule has 1 aliphatic heterocycles. The predicted molar refractivity (Wildman–Crippen MR) is 88.3 cm³/mol.